The molecular weight excluding hydrogens is 235 g/mol. The first-order valence-corrected chi connectivity index (χ1v) is 8.12. The highest BCUT2D eigenvalue weighted by Crippen LogP contribution is 2.66. The van der Waals surface area contributed by atoms with Crippen LogP contribution in [0.5, 0.6) is 0 Å². The molecule has 0 fully saturated rings. The van der Waals surface area contributed by atoms with Crippen molar-refractivity contribution in [1.29, 1.82) is 0 Å². The highest BCUT2D eigenvalue weighted by atomic mass is 31.1. The first-order valence-electron chi connectivity index (χ1n) is 6.78. The molecule has 0 unspecified atom stereocenters. The average molecular weight is 260 g/mol. The Morgan fingerprint density at radius 1 is 0.889 bits per heavy atom. The fraction of sp³-hybridized carbons (Fsp3) is 0.529. The average Bonchev–Trinajstić information content (AvgIpc) is 2.54. The molecule has 18 heavy (non-hydrogen) atoms. The second-order valence-electron chi connectivity index (χ2n) is 7.19. The van der Waals surface area contributed by atoms with Crippen LogP contribution < -0.4 is 0 Å². The normalized spacial score (nSPS) is 15.8. The Labute approximate surface area is 113 Å². The Morgan fingerprint density at radius 3 is 1.94 bits per heavy atom. The van der Waals surface area contributed by atoms with Crippen molar-refractivity contribution in [2.45, 2.75) is 58.3 Å². The molecule has 0 N–H and O–H groups in total. The van der Waals surface area contributed by atoms with Gasteiger partial charge in [0.1, 0.15) is 0 Å². The van der Waals surface area contributed by atoms with Gasteiger partial charge in [-0.15, -0.1) is 0 Å². The van der Waals surface area contributed by atoms with Gasteiger partial charge < -0.3 is 0 Å². The smallest absolute Gasteiger partial charge is 0.00148 e. The monoisotopic (exact) mass is 260 g/mol. The summed E-state index contributed by atoms with van der Waals surface area (Å²) in [5.41, 5.74) is 2.95. The minimum absolute atomic E-state index is 0.129. The number of allylic oxidation sites excluding steroid dienone is 1. The van der Waals surface area contributed by atoms with E-state index in [9.17, 15) is 0 Å². The van der Waals surface area contributed by atoms with Crippen LogP contribution in [0.3, 0.4) is 0 Å². The van der Waals surface area contributed by atoms with Crippen LogP contribution in [0.1, 0.15) is 52.7 Å². The minimum Gasteiger partial charge on any atom is -0.0683 e. The zero-order valence-electron chi connectivity index (χ0n) is 12.5. The van der Waals surface area contributed by atoms with Gasteiger partial charge in [-0.1, -0.05) is 79.8 Å². The third-order valence-electron chi connectivity index (χ3n) is 3.38. The molecule has 0 nitrogen and oxygen atoms in total. The van der Waals surface area contributed by atoms with Crippen molar-refractivity contribution in [2.75, 3.05) is 0 Å². The maximum Gasteiger partial charge on any atom is -0.00148 e. The van der Waals surface area contributed by atoms with Gasteiger partial charge in [0.2, 0.25) is 0 Å². The highest BCUT2D eigenvalue weighted by molar-refractivity contribution is 7.65. The van der Waals surface area contributed by atoms with Gasteiger partial charge in [0, 0.05) is 0 Å². The van der Waals surface area contributed by atoms with Crippen molar-refractivity contribution in [3.05, 3.63) is 40.7 Å². The van der Waals surface area contributed by atoms with Crippen molar-refractivity contribution in [2.24, 2.45) is 0 Å². The molecule has 1 aromatic rings. The second-order valence-corrected chi connectivity index (χ2v) is 11.1. The molecule has 0 aromatic heterocycles. The third-order valence-corrected chi connectivity index (χ3v) is 6.92. The van der Waals surface area contributed by atoms with E-state index in [-0.39, 0.29) is 7.92 Å². The van der Waals surface area contributed by atoms with Gasteiger partial charge in [-0.05, 0) is 33.2 Å². The lowest BCUT2D eigenvalue weighted by Crippen LogP contribution is -2.25. The lowest BCUT2D eigenvalue weighted by Gasteiger charge is -2.42. The van der Waals surface area contributed by atoms with Crippen molar-refractivity contribution < 1.29 is 0 Å². The topological polar surface area (TPSA) is 0 Å². The molecule has 0 heterocycles. The fourth-order valence-electron chi connectivity index (χ4n) is 3.27. The van der Waals surface area contributed by atoms with Crippen molar-refractivity contribution in [3.8, 4) is 0 Å². The summed E-state index contributed by atoms with van der Waals surface area (Å²) in [7, 11) is -0.129. The molecule has 1 aliphatic carbocycles. The molecule has 1 aliphatic rings. The molecule has 0 spiro atoms. The SMILES string of the molecule is CC(C)(C)P(C1=Cc2ccccc2C1)C(C)(C)C. The molecule has 0 saturated heterocycles. The zero-order chi connectivity index (χ0) is 13.6. The summed E-state index contributed by atoms with van der Waals surface area (Å²) in [6, 6.07) is 8.83. The zero-order valence-corrected chi connectivity index (χ0v) is 13.4. The van der Waals surface area contributed by atoms with Crippen molar-refractivity contribution in [1.82, 2.24) is 0 Å². The van der Waals surface area contributed by atoms with Crippen molar-refractivity contribution in [3.63, 3.8) is 0 Å². The van der Waals surface area contributed by atoms with Gasteiger partial charge in [0.05, 0.1) is 0 Å². The molecular formula is C17H25P. The van der Waals surface area contributed by atoms with E-state index < -0.39 is 0 Å². The Morgan fingerprint density at radius 2 is 1.44 bits per heavy atom. The molecule has 0 bridgehead atoms. The van der Waals surface area contributed by atoms with Gasteiger partial charge >= 0.3 is 0 Å². The van der Waals surface area contributed by atoms with E-state index in [1.807, 2.05) is 0 Å². The third kappa shape index (κ3) is 2.69. The summed E-state index contributed by atoms with van der Waals surface area (Å²) >= 11 is 0. The number of hydrogen-bond donors (Lipinski definition) is 0. The lowest BCUT2D eigenvalue weighted by atomic mass is 10.1. The summed E-state index contributed by atoms with van der Waals surface area (Å²) < 4.78 is 0. The van der Waals surface area contributed by atoms with Crippen LogP contribution >= 0.6 is 7.92 Å². The Hall–Kier alpha value is -0.610. The van der Waals surface area contributed by atoms with Crippen LogP contribution in [-0.4, -0.2) is 10.3 Å². The van der Waals surface area contributed by atoms with E-state index in [1.54, 1.807) is 5.31 Å². The molecule has 0 saturated carbocycles. The maximum atomic E-state index is 2.46. The Bertz CT molecular complexity index is 455. The molecule has 0 radical (unpaired) electrons. The van der Waals surface area contributed by atoms with Crippen LogP contribution in [-0.2, 0) is 6.42 Å². The van der Waals surface area contributed by atoms with E-state index in [2.05, 4.69) is 71.9 Å². The molecule has 0 atom stereocenters. The predicted octanol–water partition coefficient (Wildman–Crippen LogP) is 5.66. The number of fused-ring (bicyclic) bond motifs is 1. The van der Waals surface area contributed by atoms with Gasteiger partial charge in [-0.3, -0.25) is 0 Å². The quantitative estimate of drug-likeness (QED) is 0.571. The molecule has 1 aromatic carbocycles. The second kappa shape index (κ2) is 4.49. The standard InChI is InChI=1S/C17H25P/c1-16(2,3)18(17(4,5)6)15-11-13-9-7-8-10-14(13)12-15/h7-11H,12H2,1-6H3. The number of benzene rings is 1. The van der Waals surface area contributed by atoms with Crippen LogP contribution in [0.15, 0.2) is 29.6 Å². The number of hydrogen-bond acceptors (Lipinski definition) is 0. The van der Waals surface area contributed by atoms with E-state index in [0.29, 0.717) is 10.3 Å². The van der Waals surface area contributed by atoms with Crippen LogP contribution in [0.4, 0.5) is 0 Å². The van der Waals surface area contributed by atoms with Crippen LogP contribution in [0, 0.1) is 0 Å². The van der Waals surface area contributed by atoms with E-state index >= 15 is 0 Å². The largest absolute Gasteiger partial charge is 0.0683 e. The fourth-order valence-corrected chi connectivity index (χ4v) is 7.61. The summed E-state index contributed by atoms with van der Waals surface area (Å²) in [4.78, 5) is 0. The molecule has 0 amide bonds. The van der Waals surface area contributed by atoms with Crippen LogP contribution in [0.2, 0.25) is 0 Å². The highest BCUT2D eigenvalue weighted by Gasteiger charge is 2.38. The van der Waals surface area contributed by atoms with Crippen molar-refractivity contribution >= 4 is 14.0 Å². The predicted molar refractivity (Wildman–Crippen MR) is 84.5 cm³/mol. The lowest BCUT2D eigenvalue weighted by molar-refractivity contribution is 0.710. The van der Waals surface area contributed by atoms with E-state index in [4.69, 9.17) is 0 Å². The summed E-state index contributed by atoms with van der Waals surface area (Å²) in [6.45, 7) is 14.4. The van der Waals surface area contributed by atoms with E-state index in [1.165, 1.54) is 11.1 Å². The molecule has 2 rings (SSSR count). The first-order chi connectivity index (χ1) is 8.19. The molecule has 1 heteroatoms. The molecule has 98 valence electrons. The first kappa shape index (κ1) is 13.8. The minimum atomic E-state index is -0.129. The summed E-state index contributed by atoms with van der Waals surface area (Å²) in [6.07, 6.45) is 3.62. The van der Waals surface area contributed by atoms with E-state index in [0.717, 1.165) is 6.42 Å². The summed E-state index contributed by atoms with van der Waals surface area (Å²) in [5, 5.41) is 2.43. The summed E-state index contributed by atoms with van der Waals surface area (Å²) in [5.74, 6) is 0. The van der Waals surface area contributed by atoms with Crippen LogP contribution in [0.25, 0.3) is 6.08 Å². The number of rotatable bonds is 1. The van der Waals surface area contributed by atoms with Gasteiger partial charge in [-0.2, -0.15) is 0 Å². The van der Waals surface area contributed by atoms with Gasteiger partial charge in [-0.25, -0.2) is 0 Å². The molecule has 0 aliphatic heterocycles. The van der Waals surface area contributed by atoms with Gasteiger partial charge in [0.25, 0.3) is 0 Å². The Balaban J connectivity index is 2.38. The van der Waals surface area contributed by atoms with Gasteiger partial charge in [0.15, 0.2) is 0 Å². The maximum absolute atomic E-state index is 2.46. The Kier molecular flexibility index (Phi) is 3.45.